The number of amides is 1. The zero-order valence-corrected chi connectivity index (χ0v) is 12.0. The molecule has 2 saturated heterocycles. The maximum atomic E-state index is 12.4. The highest BCUT2D eigenvalue weighted by Crippen LogP contribution is 2.29. The van der Waals surface area contributed by atoms with Crippen LogP contribution in [0.2, 0.25) is 0 Å². The Bertz CT molecular complexity index is 694. The van der Waals surface area contributed by atoms with E-state index in [0.717, 1.165) is 17.4 Å². The molecule has 2 aliphatic heterocycles. The first-order chi connectivity index (χ1) is 10.2. The molecule has 0 spiro atoms. The van der Waals surface area contributed by atoms with Crippen molar-refractivity contribution in [3.63, 3.8) is 0 Å². The zero-order valence-electron chi connectivity index (χ0n) is 12.0. The lowest BCUT2D eigenvalue weighted by Crippen LogP contribution is -2.42. The van der Waals surface area contributed by atoms with E-state index < -0.39 is 0 Å². The van der Waals surface area contributed by atoms with Gasteiger partial charge in [0.25, 0.3) is 5.91 Å². The van der Waals surface area contributed by atoms with Gasteiger partial charge in [0.15, 0.2) is 5.88 Å². The van der Waals surface area contributed by atoms with Crippen molar-refractivity contribution in [1.29, 1.82) is 0 Å². The minimum atomic E-state index is -0.0151. The quantitative estimate of drug-likeness (QED) is 0.808. The van der Waals surface area contributed by atoms with E-state index in [4.69, 9.17) is 4.42 Å². The van der Waals surface area contributed by atoms with Gasteiger partial charge in [0, 0.05) is 42.2 Å². The SMILES string of the molecule is CNc1cc2ccc(C(=O)N[C@@H]3C[C@H]4CC[C@@H]3N4)cc2o1. The van der Waals surface area contributed by atoms with Crippen LogP contribution < -0.4 is 16.0 Å². The molecule has 110 valence electrons. The molecular formula is C16H19N3O2. The van der Waals surface area contributed by atoms with Crippen molar-refractivity contribution in [2.75, 3.05) is 12.4 Å². The van der Waals surface area contributed by atoms with E-state index in [-0.39, 0.29) is 11.9 Å². The fourth-order valence-corrected chi connectivity index (χ4v) is 3.53. The molecule has 2 aromatic rings. The third-order valence-electron chi connectivity index (χ3n) is 4.65. The molecule has 5 heteroatoms. The highest BCUT2D eigenvalue weighted by atomic mass is 16.3. The summed E-state index contributed by atoms with van der Waals surface area (Å²) in [6.07, 6.45) is 3.45. The van der Waals surface area contributed by atoms with Gasteiger partial charge in [-0.2, -0.15) is 0 Å². The maximum Gasteiger partial charge on any atom is 0.251 e. The molecule has 0 unspecified atom stereocenters. The number of carbonyl (C=O) groups excluding carboxylic acids is 1. The second kappa shape index (κ2) is 4.77. The first-order valence-electron chi connectivity index (χ1n) is 7.51. The van der Waals surface area contributed by atoms with E-state index in [0.29, 0.717) is 23.5 Å². The van der Waals surface area contributed by atoms with Crippen LogP contribution in [-0.2, 0) is 0 Å². The Balaban J connectivity index is 1.53. The monoisotopic (exact) mass is 285 g/mol. The summed E-state index contributed by atoms with van der Waals surface area (Å²) in [7, 11) is 1.81. The van der Waals surface area contributed by atoms with Gasteiger partial charge in [0.1, 0.15) is 5.58 Å². The van der Waals surface area contributed by atoms with Gasteiger partial charge in [-0.05, 0) is 31.4 Å². The normalized spacial score (nSPS) is 27.2. The number of fused-ring (bicyclic) bond motifs is 3. The van der Waals surface area contributed by atoms with Crippen molar-refractivity contribution in [3.8, 4) is 0 Å². The van der Waals surface area contributed by atoms with Crippen LogP contribution >= 0.6 is 0 Å². The summed E-state index contributed by atoms with van der Waals surface area (Å²) in [5.41, 5.74) is 1.39. The lowest BCUT2D eigenvalue weighted by Gasteiger charge is -2.21. The molecular weight excluding hydrogens is 266 g/mol. The zero-order chi connectivity index (χ0) is 14.4. The van der Waals surface area contributed by atoms with Crippen LogP contribution in [-0.4, -0.2) is 31.1 Å². The third-order valence-corrected chi connectivity index (χ3v) is 4.65. The number of rotatable bonds is 3. The van der Waals surface area contributed by atoms with E-state index in [9.17, 15) is 4.79 Å². The predicted octanol–water partition coefficient (Wildman–Crippen LogP) is 2.10. The minimum absolute atomic E-state index is 0.0151. The summed E-state index contributed by atoms with van der Waals surface area (Å²) in [4.78, 5) is 12.4. The van der Waals surface area contributed by atoms with Crippen LogP contribution in [0, 0.1) is 0 Å². The van der Waals surface area contributed by atoms with Crippen LogP contribution in [0.1, 0.15) is 29.6 Å². The van der Waals surface area contributed by atoms with Gasteiger partial charge in [-0.1, -0.05) is 6.07 Å². The molecule has 1 aromatic heterocycles. The van der Waals surface area contributed by atoms with E-state index >= 15 is 0 Å². The molecule has 21 heavy (non-hydrogen) atoms. The number of furan rings is 1. The summed E-state index contributed by atoms with van der Waals surface area (Å²) >= 11 is 0. The molecule has 0 radical (unpaired) electrons. The Morgan fingerprint density at radius 1 is 1.33 bits per heavy atom. The minimum Gasteiger partial charge on any atom is -0.441 e. The number of benzene rings is 1. The number of carbonyl (C=O) groups is 1. The molecule has 4 rings (SSSR count). The van der Waals surface area contributed by atoms with Gasteiger partial charge in [0.2, 0.25) is 0 Å². The third kappa shape index (κ3) is 2.17. The Labute approximate surface area is 123 Å². The number of hydrogen-bond donors (Lipinski definition) is 3. The standard InChI is InChI=1S/C16H19N3O2/c1-17-15-7-9-2-3-10(6-14(9)21-15)16(20)19-13-8-11-4-5-12(13)18-11/h2-3,6-7,11-13,17-18H,4-5,8H2,1H3,(H,19,20)/t11-,12+,13-/m1/s1. The summed E-state index contributed by atoms with van der Waals surface area (Å²) in [5.74, 6) is 0.693. The lowest BCUT2D eigenvalue weighted by atomic mass is 9.95. The van der Waals surface area contributed by atoms with Crippen molar-refractivity contribution in [3.05, 3.63) is 29.8 Å². The van der Waals surface area contributed by atoms with Gasteiger partial charge >= 0.3 is 0 Å². The molecule has 3 N–H and O–H groups in total. The Kier molecular flexibility index (Phi) is 2.89. The fraction of sp³-hybridized carbons (Fsp3) is 0.438. The van der Waals surface area contributed by atoms with Gasteiger partial charge in [-0.15, -0.1) is 0 Å². The second-order valence-corrected chi connectivity index (χ2v) is 5.98. The summed E-state index contributed by atoms with van der Waals surface area (Å²) in [6, 6.07) is 8.81. The first-order valence-corrected chi connectivity index (χ1v) is 7.51. The summed E-state index contributed by atoms with van der Waals surface area (Å²) < 4.78 is 5.62. The average Bonchev–Trinajstić information content (AvgIpc) is 3.20. The summed E-state index contributed by atoms with van der Waals surface area (Å²) in [6.45, 7) is 0. The van der Waals surface area contributed by atoms with Crippen molar-refractivity contribution >= 4 is 22.8 Å². The highest BCUT2D eigenvalue weighted by molar-refractivity contribution is 5.98. The maximum absolute atomic E-state index is 12.4. The smallest absolute Gasteiger partial charge is 0.251 e. The van der Waals surface area contributed by atoms with Crippen molar-refractivity contribution in [1.82, 2.24) is 10.6 Å². The lowest BCUT2D eigenvalue weighted by molar-refractivity contribution is 0.0931. The second-order valence-electron chi connectivity index (χ2n) is 5.98. The van der Waals surface area contributed by atoms with Crippen LogP contribution in [0.3, 0.4) is 0 Å². The van der Waals surface area contributed by atoms with Gasteiger partial charge in [-0.25, -0.2) is 0 Å². The molecule has 2 fully saturated rings. The van der Waals surface area contributed by atoms with Crippen LogP contribution in [0.25, 0.3) is 11.0 Å². The molecule has 1 amide bonds. The number of anilines is 1. The molecule has 3 heterocycles. The van der Waals surface area contributed by atoms with Crippen LogP contribution in [0.5, 0.6) is 0 Å². The number of hydrogen-bond acceptors (Lipinski definition) is 4. The largest absolute Gasteiger partial charge is 0.441 e. The highest BCUT2D eigenvalue weighted by Gasteiger charge is 2.39. The predicted molar refractivity (Wildman–Crippen MR) is 81.6 cm³/mol. The van der Waals surface area contributed by atoms with Gasteiger partial charge < -0.3 is 20.4 Å². The summed E-state index contributed by atoms with van der Waals surface area (Å²) in [5, 5.41) is 10.7. The molecule has 2 aliphatic rings. The van der Waals surface area contributed by atoms with E-state index in [1.165, 1.54) is 12.8 Å². The Morgan fingerprint density at radius 2 is 2.24 bits per heavy atom. The molecule has 3 atom stereocenters. The topological polar surface area (TPSA) is 66.3 Å². The first kappa shape index (κ1) is 12.7. The fourth-order valence-electron chi connectivity index (χ4n) is 3.53. The van der Waals surface area contributed by atoms with Gasteiger partial charge in [-0.3, -0.25) is 4.79 Å². The van der Waals surface area contributed by atoms with E-state index in [1.54, 1.807) is 0 Å². The van der Waals surface area contributed by atoms with Crippen LogP contribution in [0.15, 0.2) is 28.7 Å². The van der Waals surface area contributed by atoms with Crippen molar-refractivity contribution in [2.45, 2.75) is 37.4 Å². The van der Waals surface area contributed by atoms with Crippen LogP contribution in [0.4, 0.5) is 5.88 Å². The molecule has 0 saturated carbocycles. The average molecular weight is 285 g/mol. The molecule has 1 aromatic carbocycles. The molecule has 5 nitrogen and oxygen atoms in total. The van der Waals surface area contributed by atoms with Crippen molar-refractivity contribution < 1.29 is 9.21 Å². The van der Waals surface area contributed by atoms with E-state index in [2.05, 4.69) is 16.0 Å². The Morgan fingerprint density at radius 3 is 2.95 bits per heavy atom. The van der Waals surface area contributed by atoms with E-state index in [1.807, 2.05) is 31.3 Å². The van der Waals surface area contributed by atoms with Gasteiger partial charge in [0.05, 0.1) is 0 Å². The Hall–Kier alpha value is -2.01. The molecule has 2 bridgehead atoms. The molecule has 0 aliphatic carbocycles. The van der Waals surface area contributed by atoms with Crippen molar-refractivity contribution in [2.24, 2.45) is 0 Å². The number of nitrogens with one attached hydrogen (secondary N) is 3.